The summed E-state index contributed by atoms with van der Waals surface area (Å²) in [7, 11) is 6.61. The molecule has 2 aliphatic rings. The lowest BCUT2D eigenvalue weighted by Gasteiger charge is -2.36. The van der Waals surface area contributed by atoms with Crippen molar-refractivity contribution in [2.24, 2.45) is 0 Å². The van der Waals surface area contributed by atoms with Crippen LogP contribution in [0.5, 0.6) is 23.0 Å². The van der Waals surface area contributed by atoms with E-state index in [9.17, 15) is 14.7 Å². The Morgan fingerprint density at radius 2 is 1.73 bits per heavy atom. The van der Waals surface area contributed by atoms with E-state index in [0.29, 0.717) is 47.6 Å². The summed E-state index contributed by atoms with van der Waals surface area (Å²) in [5.74, 6) is 0.796. The van der Waals surface area contributed by atoms with Gasteiger partial charge in [0.25, 0.3) is 0 Å². The highest BCUT2D eigenvalue weighted by Crippen LogP contribution is 2.39. The van der Waals surface area contributed by atoms with Crippen LogP contribution >= 0.6 is 0 Å². The minimum absolute atomic E-state index is 0.0316. The third kappa shape index (κ3) is 6.17. The van der Waals surface area contributed by atoms with Gasteiger partial charge in [0.2, 0.25) is 5.75 Å². The van der Waals surface area contributed by atoms with Crippen LogP contribution in [0.1, 0.15) is 30.4 Å². The van der Waals surface area contributed by atoms with E-state index < -0.39 is 5.97 Å². The second-order valence-electron chi connectivity index (χ2n) is 9.32. The van der Waals surface area contributed by atoms with Gasteiger partial charge >= 0.3 is 11.9 Å². The number of fused-ring (bicyclic) bond motifs is 2. The second kappa shape index (κ2) is 11.6. The van der Waals surface area contributed by atoms with Crippen LogP contribution in [-0.2, 0) is 25.5 Å². The number of ether oxygens (including phenoxy) is 5. The first-order valence-corrected chi connectivity index (χ1v) is 12.2. The van der Waals surface area contributed by atoms with Crippen LogP contribution < -0.4 is 14.2 Å². The maximum atomic E-state index is 12.7. The summed E-state index contributed by atoms with van der Waals surface area (Å²) in [6, 6.07) is 10.2. The number of esters is 2. The Balaban J connectivity index is 1.35. The Morgan fingerprint density at radius 3 is 2.38 bits per heavy atom. The maximum Gasteiger partial charge on any atom is 0.331 e. The molecule has 2 heterocycles. The van der Waals surface area contributed by atoms with Gasteiger partial charge in [-0.1, -0.05) is 12.1 Å². The molecule has 2 aromatic carbocycles. The van der Waals surface area contributed by atoms with Gasteiger partial charge in [-0.15, -0.1) is 0 Å². The van der Waals surface area contributed by atoms with Crippen LogP contribution in [0.4, 0.5) is 0 Å². The van der Waals surface area contributed by atoms with Crippen molar-refractivity contribution in [1.29, 1.82) is 0 Å². The number of phenolic OH excluding ortho intramolecular Hbond substituents is 1. The standard InChI is InChI=1S/C28H33NO8/c1-29-19-14-21(36-27(32)13-17-6-5-7-20(30)10-17)16-22(29)23(15-19)37-26(31)9-8-18-11-24(33-2)28(35-4)25(12-18)34-3/h5-12,19,21-23,30H,13-16H2,1-4H3/b9-8+/t19-,21-,22+,23-/m0/s1. The topological polar surface area (TPSA) is 104 Å². The van der Waals surface area contributed by atoms with Gasteiger partial charge in [0.1, 0.15) is 18.0 Å². The molecule has 0 radical (unpaired) electrons. The first-order valence-electron chi connectivity index (χ1n) is 12.2. The molecular formula is C28H33NO8. The average molecular weight is 512 g/mol. The van der Waals surface area contributed by atoms with Crippen LogP contribution in [0.25, 0.3) is 6.08 Å². The molecule has 2 aliphatic heterocycles. The number of likely N-dealkylation sites (N-methyl/N-ethyl adjacent to an activating group) is 1. The smallest absolute Gasteiger partial charge is 0.331 e. The van der Waals surface area contributed by atoms with Gasteiger partial charge in [0.15, 0.2) is 11.5 Å². The summed E-state index contributed by atoms with van der Waals surface area (Å²) in [4.78, 5) is 27.4. The molecule has 0 amide bonds. The number of carbonyl (C=O) groups is 2. The van der Waals surface area contributed by atoms with Gasteiger partial charge in [-0.25, -0.2) is 4.79 Å². The molecule has 2 saturated heterocycles. The normalized spacial score (nSPS) is 23.0. The van der Waals surface area contributed by atoms with Crippen LogP contribution in [0.2, 0.25) is 0 Å². The molecule has 0 spiro atoms. The number of piperidine rings is 1. The second-order valence-corrected chi connectivity index (χ2v) is 9.32. The summed E-state index contributed by atoms with van der Waals surface area (Å²) < 4.78 is 27.6. The molecule has 9 heteroatoms. The summed E-state index contributed by atoms with van der Waals surface area (Å²) in [5, 5.41) is 9.61. The van der Waals surface area contributed by atoms with Crippen molar-refractivity contribution >= 4 is 18.0 Å². The molecule has 1 N–H and O–H groups in total. The monoisotopic (exact) mass is 511 g/mol. The number of methoxy groups -OCH3 is 3. The van der Waals surface area contributed by atoms with Crippen molar-refractivity contribution in [2.75, 3.05) is 28.4 Å². The fourth-order valence-corrected chi connectivity index (χ4v) is 5.21. The first kappa shape index (κ1) is 26.3. The number of rotatable bonds is 9. The zero-order valence-electron chi connectivity index (χ0n) is 21.5. The summed E-state index contributed by atoms with van der Waals surface area (Å²) in [6.07, 6.45) is 4.56. The number of benzene rings is 2. The Bertz CT molecular complexity index is 1140. The molecule has 2 fully saturated rings. The van der Waals surface area contributed by atoms with Crippen LogP contribution in [0.3, 0.4) is 0 Å². The highest BCUT2D eigenvalue weighted by Gasteiger charge is 2.47. The largest absolute Gasteiger partial charge is 0.508 e. The lowest BCUT2D eigenvalue weighted by atomic mass is 10.00. The van der Waals surface area contributed by atoms with Gasteiger partial charge in [-0.05, 0) is 48.5 Å². The van der Waals surface area contributed by atoms with Gasteiger partial charge in [0, 0.05) is 31.4 Å². The van der Waals surface area contributed by atoms with Gasteiger partial charge < -0.3 is 28.8 Å². The van der Waals surface area contributed by atoms with E-state index in [4.69, 9.17) is 23.7 Å². The highest BCUT2D eigenvalue weighted by atomic mass is 16.6. The number of hydrogen-bond donors (Lipinski definition) is 1. The Labute approximate surface area is 216 Å². The molecule has 2 bridgehead atoms. The molecule has 0 aliphatic carbocycles. The number of hydrogen-bond acceptors (Lipinski definition) is 9. The number of phenols is 1. The van der Waals surface area contributed by atoms with E-state index in [2.05, 4.69) is 4.90 Å². The van der Waals surface area contributed by atoms with E-state index >= 15 is 0 Å². The fourth-order valence-electron chi connectivity index (χ4n) is 5.21. The lowest BCUT2D eigenvalue weighted by Crippen LogP contribution is -2.46. The molecular weight excluding hydrogens is 478 g/mol. The van der Waals surface area contributed by atoms with E-state index in [1.165, 1.54) is 27.4 Å². The number of aromatic hydroxyl groups is 1. The summed E-state index contributed by atoms with van der Waals surface area (Å²) in [6.45, 7) is 0. The molecule has 0 unspecified atom stereocenters. The van der Waals surface area contributed by atoms with Gasteiger partial charge in [-0.3, -0.25) is 9.69 Å². The molecule has 2 aromatic rings. The Kier molecular flexibility index (Phi) is 8.23. The third-order valence-electron chi connectivity index (χ3n) is 7.00. The molecule has 4 rings (SSSR count). The number of carbonyl (C=O) groups excluding carboxylic acids is 2. The number of nitrogens with zero attached hydrogens (tertiary/aromatic N) is 1. The third-order valence-corrected chi connectivity index (χ3v) is 7.00. The van der Waals surface area contributed by atoms with Crippen LogP contribution in [0, 0.1) is 0 Å². The van der Waals surface area contributed by atoms with Crippen molar-refractivity contribution in [3.8, 4) is 23.0 Å². The van der Waals surface area contributed by atoms with E-state index in [1.807, 2.05) is 7.05 Å². The van der Waals surface area contributed by atoms with E-state index in [0.717, 1.165) is 0 Å². The van der Waals surface area contributed by atoms with Crippen molar-refractivity contribution in [2.45, 2.75) is 50.0 Å². The van der Waals surface area contributed by atoms with Crippen LogP contribution in [-0.4, -0.2) is 74.6 Å². The van der Waals surface area contributed by atoms with Crippen LogP contribution in [0.15, 0.2) is 42.5 Å². The zero-order valence-corrected chi connectivity index (χ0v) is 21.5. The fraction of sp³-hybridized carbons (Fsp3) is 0.429. The van der Waals surface area contributed by atoms with Gasteiger partial charge in [0.05, 0.1) is 33.8 Å². The van der Waals surface area contributed by atoms with E-state index in [-0.39, 0.29) is 42.4 Å². The predicted octanol–water partition coefficient (Wildman–Crippen LogP) is 3.36. The molecule has 37 heavy (non-hydrogen) atoms. The highest BCUT2D eigenvalue weighted by molar-refractivity contribution is 5.87. The predicted molar refractivity (Wildman–Crippen MR) is 136 cm³/mol. The van der Waals surface area contributed by atoms with Crippen molar-refractivity contribution in [3.63, 3.8) is 0 Å². The van der Waals surface area contributed by atoms with Crippen molar-refractivity contribution in [3.05, 3.63) is 53.6 Å². The van der Waals surface area contributed by atoms with Gasteiger partial charge in [-0.2, -0.15) is 0 Å². The SMILES string of the molecule is COc1cc(/C=C/C(=O)O[C@H]2C[C@@H]3C[C@H](OC(=O)Cc4cccc(O)c4)C[C@H]2N3C)cc(OC)c1OC. The van der Waals surface area contributed by atoms with E-state index in [1.54, 1.807) is 42.5 Å². The zero-order chi connectivity index (χ0) is 26.5. The summed E-state index contributed by atoms with van der Waals surface area (Å²) in [5.41, 5.74) is 1.40. The maximum absolute atomic E-state index is 12.7. The first-order chi connectivity index (χ1) is 17.8. The molecule has 9 nitrogen and oxygen atoms in total. The quantitative estimate of drug-likeness (QED) is 0.401. The molecule has 4 atom stereocenters. The summed E-state index contributed by atoms with van der Waals surface area (Å²) >= 11 is 0. The minimum atomic E-state index is -0.447. The Morgan fingerprint density at radius 1 is 1.00 bits per heavy atom. The average Bonchev–Trinajstić information content (AvgIpc) is 3.03. The minimum Gasteiger partial charge on any atom is -0.508 e. The van der Waals surface area contributed by atoms with Crippen molar-refractivity contribution in [1.82, 2.24) is 4.90 Å². The molecule has 0 aromatic heterocycles. The Hall–Kier alpha value is -3.72. The molecule has 198 valence electrons. The molecule has 0 saturated carbocycles. The lowest BCUT2D eigenvalue weighted by molar-refractivity contribution is -0.153. The van der Waals surface area contributed by atoms with Crippen molar-refractivity contribution < 1.29 is 38.4 Å².